The molecule has 0 aromatic rings. The summed E-state index contributed by atoms with van der Waals surface area (Å²) in [7, 11) is 1.45. The summed E-state index contributed by atoms with van der Waals surface area (Å²) in [5, 5.41) is 5.11. The molecule has 0 bridgehead atoms. The van der Waals surface area contributed by atoms with Crippen molar-refractivity contribution in [1.29, 1.82) is 0 Å². The van der Waals surface area contributed by atoms with E-state index in [0.29, 0.717) is 5.17 Å². The van der Waals surface area contributed by atoms with Gasteiger partial charge in [0.25, 0.3) is 5.91 Å². The molecule has 0 saturated carbocycles. The molecule has 0 unspecified atom stereocenters. The van der Waals surface area contributed by atoms with Crippen molar-refractivity contribution in [2.75, 3.05) is 13.7 Å². The molecule has 0 fully saturated rings. The topological polar surface area (TPSA) is 65.1 Å². The number of rotatable bonds is 3. The summed E-state index contributed by atoms with van der Waals surface area (Å²) in [4.78, 5) is 14.7. The SMILES string of the molecule is CCC1=N[N]C(=NC(=O)COC)S1. The van der Waals surface area contributed by atoms with Crippen LogP contribution in [0.3, 0.4) is 0 Å². The summed E-state index contributed by atoms with van der Waals surface area (Å²) in [6.45, 7) is 1.96. The van der Waals surface area contributed by atoms with Gasteiger partial charge in [-0.1, -0.05) is 6.92 Å². The maximum atomic E-state index is 11.0. The Balaban J connectivity index is 2.44. The molecule has 1 radical (unpaired) electrons. The van der Waals surface area contributed by atoms with Gasteiger partial charge >= 0.3 is 0 Å². The van der Waals surface area contributed by atoms with Crippen molar-refractivity contribution in [2.24, 2.45) is 10.1 Å². The van der Waals surface area contributed by atoms with Crippen molar-refractivity contribution < 1.29 is 9.53 Å². The fraction of sp³-hybridized carbons (Fsp3) is 0.571. The third-order valence-electron chi connectivity index (χ3n) is 1.25. The Morgan fingerprint density at radius 3 is 3.00 bits per heavy atom. The zero-order chi connectivity index (χ0) is 9.68. The first kappa shape index (κ1) is 10.2. The Hall–Kier alpha value is -0.880. The standard InChI is InChI=1S/C7H10N3O2S/c1-3-6-9-10-7(13-6)8-5(11)4-12-2/h3-4H2,1-2H3. The molecular weight excluding hydrogens is 190 g/mol. The molecule has 6 heteroatoms. The first-order valence-electron chi connectivity index (χ1n) is 3.82. The van der Waals surface area contributed by atoms with Gasteiger partial charge in [0.05, 0.1) is 0 Å². The van der Waals surface area contributed by atoms with Crippen molar-refractivity contribution >= 4 is 27.9 Å². The predicted octanol–water partition coefficient (Wildman–Crippen LogP) is 0.590. The van der Waals surface area contributed by atoms with Crippen molar-refractivity contribution in [2.45, 2.75) is 13.3 Å². The normalized spacial score (nSPS) is 18.6. The molecule has 1 aliphatic rings. The molecule has 0 aromatic heterocycles. The predicted molar refractivity (Wildman–Crippen MR) is 51.8 cm³/mol. The minimum absolute atomic E-state index is 0.0129. The average molecular weight is 200 g/mol. The molecule has 1 rings (SSSR count). The van der Waals surface area contributed by atoms with Gasteiger partial charge < -0.3 is 4.74 Å². The summed E-state index contributed by atoms with van der Waals surface area (Å²) < 4.78 is 4.62. The molecule has 71 valence electrons. The highest BCUT2D eigenvalue weighted by Crippen LogP contribution is 2.15. The van der Waals surface area contributed by atoms with Gasteiger partial charge in [-0.3, -0.25) is 4.79 Å². The Bertz CT molecular complexity index is 262. The van der Waals surface area contributed by atoms with Gasteiger partial charge in [0, 0.05) is 7.11 Å². The molecule has 0 spiro atoms. The maximum absolute atomic E-state index is 11.0. The Morgan fingerprint density at radius 1 is 1.69 bits per heavy atom. The molecule has 0 saturated heterocycles. The van der Waals surface area contributed by atoms with Crippen LogP contribution < -0.4 is 5.43 Å². The lowest BCUT2D eigenvalue weighted by molar-refractivity contribution is -0.121. The summed E-state index contributed by atoms with van der Waals surface area (Å²) in [6, 6.07) is 0. The lowest BCUT2D eigenvalue weighted by Crippen LogP contribution is -2.08. The third kappa shape index (κ3) is 3.16. The largest absolute Gasteiger partial charge is 0.375 e. The summed E-state index contributed by atoms with van der Waals surface area (Å²) in [5.74, 6) is -0.332. The van der Waals surface area contributed by atoms with E-state index in [-0.39, 0.29) is 12.5 Å². The number of ether oxygens (including phenoxy) is 1. The van der Waals surface area contributed by atoms with Crippen LogP contribution in [0.2, 0.25) is 0 Å². The van der Waals surface area contributed by atoms with E-state index < -0.39 is 0 Å². The molecule has 5 nitrogen and oxygen atoms in total. The van der Waals surface area contributed by atoms with Crippen molar-refractivity contribution in [3.05, 3.63) is 0 Å². The first-order chi connectivity index (χ1) is 6.26. The molecule has 1 aliphatic heterocycles. The van der Waals surface area contributed by atoms with E-state index in [9.17, 15) is 4.79 Å². The van der Waals surface area contributed by atoms with Crippen LogP contribution in [0.25, 0.3) is 0 Å². The number of amides is 1. The highest BCUT2D eigenvalue weighted by Gasteiger charge is 2.15. The number of amidine groups is 1. The van der Waals surface area contributed by atoms with Crippen LogP contribution in [-0.4, -0.2) is 29.8 Å². The average Bonchev–Trinajstić information content (AvgIpc) is 2.52. The zero-order valence-corrected chi connectivity index (χ0v) is 8.30. The second-order valence-corrected chi connectivity index (χ2v) is 3.31. The van der Waals surface area contributed by atoms with Crippen LogP contribution in [0, 0.1) is 0 Å². The zero-order valence-electron chi connectivity index (χ0n) is 7.48. The van der Waals surface area contributed by atoms with Crippen molar-refractivity contribution in [3.63, 3.8) is 0 Å². The number of carbonyl (C=O) groups excluding carboxylic acids is 1. The minimum atomic E-state index is -0.332. The Labute approximate surface area is 80.6 Å². The number of carbonyl (C=O) groups is 1. The summed E-state index contributed by atoms with van der Waals surface area (Å²) >= 11 is 1.32. The van der Waals surface area contributed by atoms with E-state index in [0.717, 1.165) is 11.5 Å². The monoisotopic (exact) mass is 200 g/mol. The van der Waals surface area contributed by atoms with Gasteiger partial charge in [0.15, 0.2) is 0 Å². The van der Waals surface area contributed by atoms with Crippen LogP contribution in [0.15, 0.2) is 10.1 Å². The maximum Gasteiger partial charge on any atom is 0.274 e. The van der Waals surface area contributed by atoms with Crippen LogP contribution in [0.1, 0.15) is 13.3 Å². The van der Waals surface area contributed by atoms with Gasteiger partial charge in [-0.2, -0.15) is 4.99 Å². The quantitative estimate of drug-likeness (QED) is 0.669. The van der Waals surface area contributed by atoms with E-state index in [1.54, 1.807) is 0 Å². The number of hydrogen-bond donors (Lipinski definition) is 0. The number of thioether (sulfide) groups is 1. The number of hydrogen-bond acceptors (Lipinski definition) is 4. The van der Waals surface area contributed by atoms with Gasteiger partial charge in [-0.15, -0.1) is 10.5 Å². The van der Waals surface area contributed by atoms with E-state index in [2.05, 4.69) is 20.3 Å². The van der Waals surface area contributed by atoms with E-state index in [4.69, 9.17) is 0 Å². The minimum Gasteiger partial charge on any atom is -0.375 e. The van der Waals surface area contributed by atoms with Crippen LogP contribution >= 0.6 is 11.8 Å². The van der Waals surface area contributed by atoms with Crippen molar-refractivity contribution in [1.82, 2.24) is 5.43 Å². The lowest BCUT2D eigenvalue weighted by atomic mass is 10.5. The Morgan fingerprint density at radius 2 is 2.46 bits per heavy atom. The van der Waals surface area contributed by atoms with Crippen LogP contribution in [0.5, 0.6) is 0 Å². The smallest absolute Gasteiger partial charge is 0.274 e. The second-order valence-electron chi connectivity index (χ2n) is 2.27. The van der Waals surface area contributed by atoms with Gasteiger partial charge in [0.2, 0.25) is 5.17 Å². The summed E-state index contributed by atoms with van der Waals surface area (Å²) in [5.41, 5.74) is 3.73. The van der Waals surface area contributed by atoms with E-state index in [1.807, 2.05) is 6.92 Å². The first-order valence-corrected chi connectivity index (χ1v) is 4.63. The van der Waals surface area contributed by atoms with E-state index >= 15 is 0 Å². The fourth-order valence-electron chi connectivity index (χ4n) is 0.695. The molecule has 0 aromatic carbocycles. The van der Waals surface area contributed by atoms with Crippen LogP contribution in [0.4, 0.5) is 0 Å². The lowest BCUT2D eigenvalue weighted by Gasteiger charge is -1.92. The third-order valence-corrected chi connectivity index (χ3v) is 2.21. The molecular formula is C7H10N3O2S. The molecule has 0 N–H and O–H groups in total. The summed E-state index contributed by atoms with van der Waals surface area (Å²) in [6.07, 6.45) is 0.811. The second kappa shape index (κ2) is 4.98. The number of nitrogens with zero attached hydrogens (tertiary/aromatic N) is 3. The molecule has 13 heavy (non-hydrogen) atoms. The molecule has 1 amide bonds. The highest BCUT2D eigenvalue weighted by atomic mass is 32.2. The van der Waals surface area contributed by atoms with Crippen LogP contribution in [-0.2, 0) is 9.53 Å². The number of aliphatic imine (C=N–C) groups is 1. The van der Waals surface area contributed by atoms with Gasteiger partial charge in [-0.05, 0) is 18.2 Å². The van der Waals surface area contributed by atoms with Gasteiger partial charge in [-0.25, -0.2) is 0 Å². The number of methoxy groups -OCH3 is 1. The fourth-order valence-corrected chi connectivity index (χ4v) is 1.36. The molecule has 0 aliphatic carbocycles. The highest BCUT2D eigenvalue weighted by molar-refractivity contribution is 8.26. The Kier molecular flexibility index (Phi) is 3.91. The van der Waals surface area contributed by atoms with Gasteiger partial charge in [0.1, 0.15) is 11.7 Å². The van der Waals surface area contributed by atoms with Crippen molar-refractivity contribution in [3.8, 4) is 0 Å². The molecule has 0 atom stereocenters. The van der Waals surface area contributed by atoms with E-state index in [1.165, 1.54) is 18.9 Å². The molecule has 1 heterocycles.